The molecular weight excluding hydrogens is 300 g/mol. The van der Waals surface area contributed by atoms with Crippen LogP contribution in [0.1, 0.15) is 49.7 Å². The van der Waals surface area contributed by atoms with Crippen LogP contribution in [0.5, 0.6) is 0 Å². The molecule has 0 aromatic heterocycles. The fourth-order valence-electron chi connectivity index (χ4n) is 3.65. The molecule has 24 heavy (non-hydrogen) atoms. The Balaban J connectivity index is 1.62. The molecule has 1 heterocycles. The van der Waals surface area contributed by atoms with Gasteiger partial charge in [-0.05, 0) is 49.5 Å². The van der Waals surface area contributed by atoms with Gasteiger partial charge in [-0.1, -0.05) is 37.5 Å². The molecule has 3 rings (SSSR count). The van der Waals surface area contributed by atoms with Crippen molar-refractivity contribution in [3.63, 3.8) is 0 Å². The van der Waals surface area contributed by atoms with Gasteiger partial charge in [0.05, 0.1) is 11.3 Å². The van der Waals surface area contributed by atoms with Gasteiger partial charge in [0.15, 0.2) is 0 Å². The molecule has 0 radical (unpaired) electrons. The maximum atomic E-state index is 12.3. The van der Waals surface area contributed by atoms with Crippen LogP contribution in [-0.2, 0) is 9.59 Å². The molecule has 0 saturated heterocycles. The Morgan fingerprint density at radius 1 is 1.21 bits per heavy atom. The van der Waals surface area contributed by atoms with Crippen LogP contribution in [0.2, 0.25) is 0 Å². The van der Waals surface area contributed by atoms with Gasteiger partial charge in [-0.2, -0.15) is 0 Å². The minimum atomic E-state index is -0.230. The molecule has 128 valence electrons. The maximum Gasteiger partial charge on any atom is 0.253 e. The van der Waals surface area contributed by atoms with E-state index in [-0.39, 0.29) is 23.7 Å². The molecule has 1 aliphatic carbocycles. The maximum absolute atomic E-state index is 12.3. The monoisotopic (exact) mass is 326 g/mol. The number of nitrogens with one attached hydrogen (secondary N) is 1. The van der Waals surface area contributed by atoms with Gasteiger partial charge in [0.25, 0.3) is 5.91 Å². The summed E-state index contributed by atoms with van der Waals surface area (Å²) in [4.78, 5) is 28.8. The highest BCUT2D eigenvalue weighted by Crippen LogP contribution is 2.23. The number of fused-ring (bicyclic) bond motifs is 1. The molecule has 1 aromatic carbocycles. The van der Waals surface area contributed by atoms with Crippen molar-refractivity contribution < 1.29 is 9.59 Å². The summed E-state index contributed by atoms with van der Waals surface area (Å²) in [5.74, 6) is -0.00281. The quantitative estimate of drug-likeness (QED) is 0.919. The van der Waals surface area contributed by atoms with Crippen LogP contribution in [0.15, 0.2) is 17.1 Å². The lowest BCUT2D eigenvalue weighted by molar-refractivity contribution is -0.126. The van der Waals surface area contributed by atoms with Gasteiger partial charge in [-0.25, -0.2) is 4.99 Å². The van der Waals surface area contributed by atoms with E-state index in [0.717, 1.165) is 47.4 Å². The Kier molecular flexibility index (Phi) is 5.12. The summed E-state index contributed by atoms with van der Waals surface area (Å²) < 4.78 is 0. The molecule has 1 N–H and O–H groups in total. The smallest absolute Gasteiger partial charge is 0.253 e. The van der Waals surface area contributed by atoms with E-state index in [2.05, 4.69) is 16.4 Å². The Labute approximate surface area is 143 Å². The Bertz CT molecular complexity index is 761. The third-order valence-corrected chi connectivity index (χ3v) is 5.38. The van der Waals surface area contributed by atoms with Crippen molar-refractivity contribution in [2.75, 3.05) is 6.54 Å². The highest BCUT2D eigenvalue weighted by atomic mass is 16.2. The van der Waals surface area contributed by atoms with Crippen molar-refractivity contribution in [3.05, 3.63) is 33.8 Å². The number of aryl methyl sites for hydroxylation is 1. The zero-order chi connectivity index (χ0) is 17.1. The van der Waals surface area contributed by atoms with Crippen LogP contribution >= 0.6 is 0 Å². The minimum Gasteiger partial charge on any atom is -0.356 e. The van der Waals surface area contributed by atoms with Crippen molar-refractivity contribution in [1.82, 2.24) is 5.32 Å². The molecular formula is C20H26N2O2. The normalized spacial score (nSPS) is 20.8. The van der Waals surface area contributed by atoms with Crippen molar-refractivity contribution in [2.24, 2.45) is 16.8 Å². The summed E-state index contributed by atoms with van der Waals surface area (Å²) in [5, 5.41) is 4.85. The molecule has 4 heteroatoms. The first-order chi connectivity index (χ1) is 11.6. The average Bonchev–Trinajstić information content (AvgIpc) is 2.60. The van der Waals surface area contributed by atoms with Gasteiger partial charge in [0.1, 0.15) is 0 Å². The van der Waals surface area contributed by atoms with Crippen molar-refractivity contribution in [1.29, 1.82) is 0 Å². The minimum absolute atomic E-state index is 0.0943. The second-order valence-corrected chi connectivity index (χ2v) is 7.08. The van der Waals surface area contributed by atoms with E-state index in [9.17, 15) is 9.59 Å². The molecule has 0 spiro atoms. The number of carbonyl (C=O) groups is 2. The van der Waals surface area contributed by atoms with Crippen LogP contribution in [0.25, 0.3) is 6.08 Å². The summed E-state index contributed by atoms with van der Waals surface area (Å²) in [6.45, 7) is 4.57. The lowest BCUT2D eigenvalue weighted by Crippen LogP contribution is -2.38. The first-order valence-electron chi connectivity index (χ1n) is 9.04. The summed E-state index contributed by atoms with van der Waals surface area (Å²) in [7, 11) is 0. The molecule has 0 bridgehead atoms. The second kappa shape index (κ2) is 7.29. The summed E-state index contributed by atoms with van der Waals surface area (Å²) in [6.07, 6.45) is 8.18. The molecule has 1 atom stereocenters. The number of carbonyl (C=O) groups excluding carboxylic acids is 2. The van der Waals surface area contributed by atoms with E-state index in [1.54, 1.807) is 0 Å². The van der Waals surface area contributed by atoms with Crippen LogP contribution < -0.4 is 15.9 Å². The van der Waals surface area contributed by atoms with Crippen LogP contribution in [0, 0.1) is 25.7 Å². The topological polar surface area (TPSA) is 58.5 Å². The van der Waals surface area contributed by atoms with Crippen LogP contribution in [0.4, 0.5) is 0 Å². The lowest BCUT2D eigenvalue weighted by Gasteiger charge is -2.21. The number of hydrogen-bond donors (Lipinski definition) is 1. The highest BCUT2D eigenvalue weighted by Gasteiger charge is 2.22. The number of nitrogens with zero attached hydrogens (tertiary/aromatic N) is 1. The van der Waals surface area contributed by atoms with E-state index in [1.807, 2.05) is 26.0 Å². The molecule has 2 aliphatic rings. The number of rotatable bonds is 4. The highest BCUT2D eigenvalue weighted by molar-refractivity contribution is 5.86. The van der Waals surface area contributed by atoms with Crippen molar-refractivity contribution >= 4 is 17.9 Å². The Morgan fingerprint density at radius 3 is 2.71 bits per heavy atom. The van der Waals surface area contributed by atoms with Crippen molar-refractivity contribution in [3.8, 4) is 0 Å². The molecule has 4 nitrogen and oxygen atoms in total. The molecule has 1 aliphatic heterocycles. The third-order valence-electron chi connectivity index (χ3n) is 5.38. The largest absolute Gasteiger partial charge is 0.356 e. The SMILES string of the molecule is Cc1ccc2c(c1C)=NC(=O)C(CCNC(=O)C1CCCCC1)C=2. The summed E-state index contributed by atoms with van der Waals surface area (Å²) in [5.41, 5.74) is 2.22. The fourth-order valence-corrected chi connectivity index (χ4v) is 3.65. The Hall–Kier alpha value is -1.97. The standard InChI is InChI=1S/C20H26N2O2/c1-13-8-9-16-12-17(20(24)22-18(16)14(13)2)10-11-21-19(23)15-6-4-3-5-7-15/h8-9,12,15,17H,3-7,10-11H2,1-2H3,(H,21,23). The first kappa shape index (κ1) is 16.9. The molecule has 1 fully saturated rings. The van der Waals surface area contributed by atoms with Crippen LogP contribution in [-0.4, -0.2) is 18.4 Å². The predicted molar refractivity (Wildman–Crippen MR) is 93.9 cm³/mol. The van der Waals surface area contributed by atoms with Gasteiger partial charge in [-0.15, -0.1) is 0 Å². The van der Waals surface area contributed by atoms with E-state index in [4.69, 9.17) is 0 Å². The average molecular weight is 326 g/mol. The second-order valence-electron chi connectivity index (χ2n) is 7.08. The number of benzene rings is 1. The third kappa shape index (κ3) is 3.58. The zero-order valence-corrected chi connectivity index (χ0v) is 14.6. The number of hydrogen-bond acceptors (Lipinski definition) is 2. The lowest BCUT2D eigenvalue weighted by atomic mass is 9.88. The molecule has 1 saturated carbocycles. The molecule has 1 unspecified atom stereocenters. The van der Waals surface area contributed by atoms with E-state index in [1.165, 1.54) is 6.42 Å². The van der Waals surface area contributed by atoms with E-state index >= 15 is 0 Å². The molecule has 1 aromatic rings. The predicted octanol–water partition coefficient (Wildman–Crippen LogP) is 1.95. The van der Waals surface area contributed by atoms with Crippen LogP contribution in [0.3, 0.4) is 0 Å². The van der Waals surface area contributed by atoms with Gasteiger partial charge in [0, 0.05) is 12.5 Å². The number of amides is 2. The molecule has 2 amide bonds. The van der Waals surface area contributed by atoms with Gasteiger partial charge in [-0.3, -0.25) is 9.59 Å². The van der Waals surface area contributed by atoms with Gasteiger partial charge >= 0.3 is 0 Å². The van der Waals surface area contributed by atoms with Crippen molar-refractivity contribution in [2.45, 2.75) is 52.4 Å². The first-order valence-corrected chi connectivity index (χ1v) is 9.04. The van der Waals surface area contributed by atoms with E-state index < -0.39 is 0 Å². The van der Waals surface area contributed by atoms with Gasteiger partial charge < -0.3 is 5.32 Å². The van der Waals surface area contributed by atoms with E-state index in [0.29, 0.717) is 13.0 Å². The summed E-state index contributed by atoms with van der Waals surface area (Å²) in [6, 6.07) is 4.10. The zero-order valence-electron chi connectivity index (χ0n) is 14.6. The summed E-state index contributed by atoms with van der Waals surface area (Å²) >= 11 is 0. The van der Waals surface area contributed by atoms with Gasteiger partial charge in [0.2, 0.25) is 5.91 Å². The fraction of sp³-hybridized carbons (Fsp3) is 0.550. The Morgan fingerprint density at radius 2 is 1.96 bits per heavy atom.